The fraction of sp³-hybridized carbons (Fsp3) is 1.00. The third-order valence-electron chi connectivity index (χ3n) is 3.63. The number of aliphatic hydroxyl groups excluding tert-OH is 1. The lowest BCUT2D eigenvalue weighted by molar-refractivity contribution is -0.00644. The van der Waals surface area contributed by atoms with Crippen LogP contribution in [0.15, 0.2) is 0 Å². The Morgan fingerprint density at radius 2 is 2.00 bits per heavy atom. The van der Waals surface area contributed by atoms with Crippen LogP contribution in [0.5, 0.6) is 0 Å². The van der Waals surface area contributed by atoms with Gasteiger partial charge < -0.3 is 9.84 Å². The Morgan fingerprint density at radius 3 is 2.64 bits per heavy atom. The van der Waals surface area contributed by atoms with Gasteiger partial charge in [0.1, 0.15) is 0 Å². The van der Waals surface area contributed by atoms with Gasteiger partial charge in [-0.3, -0.25) is 4.90 Å². The molecule has 1 saturated carbocycles. The molecule has 0 amide bonds. The van der Waals surface area contributed by atoms with Gasteiger partial charge in [-0.15, -0.1) is 0 Å². The van der Waals surface area contributed by atoms with Crippen LogP contribution in [-0.4, -0.2) is 48.5 Å². The molecule has 0 bridgehead atoms. The molecule has 0 radical (unpaired) electrons. The van der Waals surface area contributed by atoms with Crippen LogP contribution >= 0.6 is 0 Å². The highest BCUT2D eigenvalue weighted by molar-refractivity contribution is 4.88. The van der Waals surface area contributed by atoms with Gasteiger partial charge in [0.25, 0.3) is 0 Å². The van der Waals surface area contributed by atoms with Gasteiger partial charge in [-0.2, -0.15) is 0 Å². The zero-order valence-electron chi connectivity index (χ0n) is 8.98. The second kappa shape index (κ2) is 4.60. The number of rotatable bonds is 2. The third-order valence-corrected chi connectivity index (χ3v) is 3.63. The zero-order valence-corrected chi connectivity index (χ0v) is 8.98. The van der Waals surface area contributed by atoms with Crippen LogP contribution in [0.4, 0.5) is 0 Å². The Kier molecular flexibility index (Phi) is 3.42. The summed E-state index contributed by atoms with van der Waals surface area (Å²) in [4.78, 5) is 2.41. The molecule has 1 aliphatic heterocycles. The average Bonchev–Trinajstić information content (AvgIpc) is 2.65. The summed E-state index contributed by atoms with van der Waals surface area (Å²) in [6, 6.07) is 0.561. The minimum atomic E-state index is -0.102. The third kappa shape index (κ3) is 2.10. The van der Waals surface area contributed by atoms with Gasteiger partial charge in [0.15, 0.2) is 0 Å². The van der Waals surface area contributed by atoms with E-state index in [0.717, 1.165) is 19.5 Å². The fourth-order valence-corrected chi connectivity index (χ4v) is 2.84. The van der Waals surface area contributed by atoms with Gasteiger partial charge in [0.2, 0.25) is 0 Å². The molecule has 0 aromatic rings. The zero-order chi connectivity index (χ0) is 9.97. The number of aliphatic hydroxyl groups is 1. The smallest absolute Gasteiger partial charge is 0.0726 e. The van der Waals surface area contributed by atoms with Crippen molar-refractivity contribution < 1.29 is 9.84 Å². The predicted molar refractivity (Wildman–Crippen MR) is 55.2 cm³/mol. The molecule has 1 heterocycles. The molecular formula is C11H21NO2. The molecule has 1 saturated heterocycles. The Balaban J connectivity index is 1.93. The van der Waals surface area contributed by atoms with Gasteiger partial charge in [-0.1, -0.05) is 12.8 Å². The minimum absolute atomic E-state index is 0.102. The summed E-state index contributed by atoms with van der Waals surface area (Å²) in [6.07, 6.45) is 6.28. The van der Waals surface area contributed by atoms with Gasteiger partial charge in [0, 0.05) is 26.2 Å². The monoisotopic (exact) mass is 199 g/mol. The average molecular weight is 199 g/mol. The molecule has 3 nitrogen and oxygen atoms in total. The second-order valence-corrected chi connectivity index (χ2v) is 4.56. The predicted octanol–water partition coefficient (Wildman–Crippen LogP) is 1.01. The molecular weight excluding hydrogens is 178 g/mol. The first-order chi connectivity index (χ1) is 6.81. The molecule has 1 N–H and O–H groups in total. The number of β-amino-alcohol motifs (C(OH)–C–C–N with tert-alkyl or cyclic N) is 1. The Morgan fingerprint density at radius 1 is 1.21 bits per heavy atom. The van der Waals surface area contributed by atoms with Crippen LogP contribution in [-0.2, 0) is 4.74 Å². The molecule has 0 spiro atoms. The lowest BCUT2D eigenvalue weighted by Gasteiger charge is -2.36. The van der Waals surface area contributed by atoms with Crippen LogP contribution in [0.2, 0.25) is 0 Å². The van der Waals surface area contributed by atoms with Crippen LogP contribution < -0.4 is 0 Å². The van der Waals surface area contributed by atoms with Crippen molar-refractivity contribution in [3.05, 3.63) is 0 Å². The number of hydrogen-bond donors (Lipinski definition) is 1. The van der Waals surface area contributed by atoms with Crippen molar-refractivity contribution in [2.24, 2.45) is 0 Å². The maximum atomic E-state index is 9.51. The first-order valence-corrected chi connectivity index (χ1v) is 5.76. The first kappa shape index (κ1) is 10.4. The molecule has 0 aromatic heterocycles. The summed E-state index contributed by atoms with van der Waals surface area (Å²) < 4.78 is 5.53. The van der Waals surface area contributed by atoms with Crippen molar-refractivity contribution >= 4 is 0 Å². The number of nitrogens with zero attached hydrogens (tertiary/aromatic N) is 1. The van der Waals surface area contributed by atoms with Crippen LogP contribution in [0, 0.1) is 0 Å². The highest BCUT2D eigenvalue weighted by atomic mass is 16.5. The Hall–Kier alpha value is -0.120. The molecule has 1 aliphatic carbocycles. The van der Waals surface area contributed by atoms with Crippen molar-refractivity contribution in [1.29, 1.82) is 0 Å². The molecule has 14 heavy (non-hydrogen) atoms. The Bertz CT molecular complexity index is 186. The number of methoxy groups -OCH3 is 1. The van der Waals surface area contributed by atoms with Crippen LogP contribution in [0.25, 0.3) is 0 Å². The Labute approximate surface area is 86.0 Å². The summed E-state index contributed by atoms with van der Waals surface area (Å²) in [7, 11) is 1.81. The highest BCUT2D eigenvalue weighted by Crippen LogP contribution is 2.27. The van der Waals surface area contributed by atoms with E-state index in [-0.39, 0.29) is 6.10 Å². The van der Waals surface area contributed by atoms with Crippen molar-refractivity contribution in [3.8, 4) is 0 Å². The van der Waals surface area contributed by atoms with Gasteiger partial charge in [-0.05, 0) is 19.3 Å². The molecule has 2 rings (SSSR count). The first-order valence-electron chi connectivity index (χ1n) is 5.76. The standard InChI is InChI=1S/C11H21NO2/c1-14-11-5-3-2-4-10(11)12-7-6-9(13)8-12/h9-11,13H,2-8H2,1H3. The van der Waals surface area contributed by atoms with Crippen molar-refractivity contribution in [1.82, 2.24) is 4.90 Å². The topological polar surface area (TPSA) is 32.7 Å². The lowest BCUT2D eigenvalue weighted by Crippen LogP contribution is -2.45. The van der Waals surface area contributed by atoms with Crippen LogP contribution in [0.1, 0.15) is 32.1 Å². The highest BCUT2D eigenvalue weighted by Gasteiger charge is 2.33. The summed E-state index contributed by atoms with van der Waals surface area (Å²) in [6.45, 7) is 1.90. The molecule has 2 fully saturated rings. The molecule has 0 aromatic carbocycles. The van der Waals surface area contributed by atoms with E-state index in [1.54, 1.807) is 0 Å². The van der Waals surface area contributed by atoms with E-state index in [0.29, 0.717) is 12.1 Å². The van der Waals surface area contributed by atoms with E-state index in [4.69, 9.17) is 4.74 Å². The largest absolute Gasteiger partial charge is 0.392 e. The molecule has 3 heteroatoms. The maximum absolute atomic E-state index is 9.51. The van der Waals surface area contributed by atoms with E-state index in [2.05, 4.69) is 4.90 Å². The molecule has 3 unspecified atom stereocenters. The normalized spacial score (nSPS) is 40.3. The summed E-state index contributed by atoms with van der Waals surface area (Å²) in [5.41, 5.74) is 0. The van der Waals surface area contributed by atoms with Gasteiger partial charge in [-0.25, -0.2) is 0 Å². The molecule has 3 atom stereocenters. The molecule has 82 valence electrons. The van der Waals surface area contributed by atoms with E-state index >= 15 is 0 Å². The van der Waals surface area contributed by atoms with Crippen molar-refractivity contribution in [2.45, 2.75) is 50.4 Å². The lowest BCUT2D eigenvalue weighted by atomic mass is 9.91. The second-order valence-electron chi connectivity index (χ2n) is 4.56. The van der Waals surface area contributed by atoms with E-state index in [1.165, 1.54) is 25.7 Å². The maximum Gasteiger partial charge on any atom is 0.0726 e. The van der Waals surface area contributed by atoms with Crippen LogP contribution in [0.3, 0.4) is 0 Å². The quantitative estimate of drug-likeness (QED) is 0.720. The summed E-state index contributed by atoms with van der Waals surface area (Å²) in [5.74, 6) is 0. The van der Waals surface area contributed by atoms with Gasteiger partial charge >= 0.3 is 0 Å². The van der Waals surface area contributed by atoms with E-state index in [1.807, 2.05) is 7.11 Å². The van der Waals surface area contributed by atoms with Gasteiger partial charge in [0.05, 0.1) is 12.2 Å². The SMILES string of the molecule is COC1CCCCC1N1CCC(O)C1. The van der Waals surface area contributed by atoms with Crippen molar-refractivity contribution in [3.63, 3.8) is 0 Å². The van der Waals surface area contributed by atoms with Crippen molar-refractivity contribution in [2.75, 3.05) is 20.2 Å². The van der Waals surface area contributed by atoms with E-state index < -0.39 is 0 Å². The number of likely N-dealkylation sites (tertiary alicyclic amines) is 1. The number of hydrogen-bond acceptors (Lipinski definition) is 3. The van der Waals surface area contributed by atoms with E-state index in [9.17, 15) is 5.11 Å². The summed E-state index contributed by atoms with van der Waals surface area (Å²) >= 11 is 0. The summed E-state index contributed by atoms with van der Waals surface area (Å²) in [5, 5.41) is 9.51. The fourth-order valence-electron chi connectivity index (χ4n) is 2.84. The minimum Gasteiger partial charge on any atom is -0.392 e. The molecule has 2 aliphatic rings. The number of ether oxygens (including phenoxy) is 1.